The lowest BCUT2D eigenvalue weighted by molar-refractivity contribution is 0.0931. The number of rotatable bonds is 4. The van der Waals surface area contributed by atoms with Crippen molar-refractivity contribution in [1.29, 1.82) is 0 Å². The molecule has 1 aliphatic heterocycles. The standard InChI is InChI=1S/C14H19FN2O2/c1-19-14-4-3-11(15)9-12(14)13(18)10-17-7-2-5-16-6-8-17/h3-4,9,16H,2,5-8,10H2,1H3. The zero-order valence-electron chi connectivity index (χ0n) is 11.1. The van der Waals surface area contributed by atoms with Crippen LogP contribution in [0.4, 0.5) is 4.39 Å². The van der Waals surface area contributed by atoms with Crippen molar-refractivity contribution < 1.29 is 13.9 Å². The number of ketones is 1. The molecular formula is C14H19FN2O2. The molecule has 1 aliphatic rings. The zero-order valence-corrected chi connectivity index (χ0v) is 11.1. The Bertz CT molecular complexity index is 443. The van der Waals surface area contributed by atoms with Crippen molar-refractivity contribution in [2.24, 2.45) is 0 Å². The van der Waals surface area contributed by atoms with Crippen LogP contribution in [0.2, 0.25) is 0 Å². The van der Waals surface area contributed by atoms with E-state index in [4.69, 9.17) is 4.74 Å². The summed E-state index contributed by atoms with van der Waals surface area (Å²) in [6.45, 7) is 3.89. The molecule has 0 aliphatic carbocycles. The second-order valence-electron chi connectivity index (χ2n) is 4.65. The highest BCUT2D eigenvalue weighted by molar-refractivity contribution is 6.00. The minimum Gasteiger partial charge on any atom is -0.496 e. The van der Waals surface area contributed by atoms with E-state index in [1.54, 1.807) is 0 Å². The predicted octanol–water partition coefficient (Wildman–Crippen LogP) is 1.31. The Labute approximate surface area is 112 Å². The van der Waals surface area contributed by atoms with Crippen LogP contribution in [0.15, 0.2) is 18.2 Å². The SMILES string of the molecule is COc1ccc(F)cc1C(=O)CN1CCCNCC1. The van der Waals surface area contributed by atoms with Crippen LogP contribution in [-0.4, -0.2) is 50.5 Å². The quantitative estimate of drug-likeness (QED) is 0.834. The van der Waals surface area contributed by atoms with E-state index in [-0.39, 0.29) is 5.78 Å². The number of carbonyl (C=O) groups excluding carboxylic acids is 1. The summed E-state index contributed by atoms with van der Waals surface area (Å²) in [5, 5.41) is 3.28. The number of hydrogen-bond acceptors (Lipinski definition) is 4. The lowest BCUT2D eigenvalue weighted by Crippen LogP contribution is -2.33. The van der Waals surface area contributed by atoms with Gasteiger partial charge in [0.25, 0.3) is 0 Å². The number of benzene rings is 1. The molecule has 1 aromatic carbocycles. The summed E-state index contributed by atoms with van der Waals surface area (Å²) in [4.78, 5) is 14.3. The van der Waals surface area contributed by atoms with E-state index in [0.29, 0.717) is 17.9 Å². The van der Waals surface area contributed by atoms with Crippen LogP contribution >= 0.6 is 0 Å². The van der Waals surface area contributed by atoms with Gasteiger partial charge in [-0.15, -0.1) is 0 Å². The Balaban J connectivity index is 2.08. The van der Waals surface area contributed by atoms with Gasteiger partial charge in [-0.05, 0) is 37.7 Å². The number of methoxy groups -OCH3 is 1. The van der Waals surface area contributed by atoms with Crippen molar-refractivity contribution in [2.45, 2.75) is 6.42 Å². The van der Waals surface area contributed by atoms with E-state index in [2.05, 4.69) is 10.2 Å². The molecule has 1 fully saturated rings. The van der Waals surface area contributed by atoms with Gasteiger partial charge in [-0.1, -0.05) is 0 Å². The molecule has 0 saturated carbocycles. The first-order valence-corrected chi connectivity index (χ1v) is 6.50. The maximum absolute atomic E-state index is 13.3. The van der Waals surface area contributed by atoms with Crippen LogP contribution in [0.3, 0.4) is 0 Å². The number of carbonyl (C=O) groups is 1. The maximum atomic E-state index is 13.3. The highest BCUT2D eigenvalue weighted by atomic mass is 19.1. The molecule has 4 nitrogen and oxygen atoms in total. The first-order valence-electron chi connectivity index (χ1n) is 6.50. The molecule has 1 heterocycles. The fraction of sp³-hybridized carbons (Fsp3) is 0.500. The zero-order chi connectivity index (χ0) is 13.7. The van der Waals surface area contributed by atoms with Gasteiger partial charge in [0, 0.05) is 13.1 Å². The lowest BCUT2D eigenvalue weighted by atomic mass is 10.1. The average Bonchev–Trinajstić information content (AvgIpc) is 2.67. The van der Waals surface area contributed by atoms with Gasteiger partial charge in [-0.25, -0.2) is 4.39 Å². The normalized spacial score (nSPS) is 16.9. The summed E-state index contributed by atoms with van der Waals surface area (Å²) in [6, 6.07) is 4.04. The summed E-state index contributed by atoms with van der Waals surface area (Å²) in [5.74, 6) is -0.0840. The molecule has 0 aromatic heterocycles. The smallest absolute Gasteiger partial charge is 0.180 e. The highest BCUT2D eigenvalue weighted by Gasteiger charge is 2.17. The van der Waals surface area contributed by atoms with Crippen LogP contribution < -0.4 is 10.1 Å². The molecule has 1 aromatic rings. The van der Waals surface area contributed by atoms with Crippen molar-refractivity contribution >= 4 is 5.78 Å². The minimum absolute atomic E-state index is 0.0988. The lowest BCUT2D eigenvalue weighted by Gasteiger charge is -2.19. The Morgan fingerprint density at radius 1 is 1.42 bits per heavy atom. The summed E-state index contributed by atoms with van der Waals surface area (Å²) in [5.41, 5.74) is 0.319. The molecule has 0 unspecified atom stereocenters. The molecular weight excluding hydrogens is 247 g/mol. The summed E-state index contributed by atoms with van der Waals surface area (Å²) >= 11 is 0. The fourth-order valence-electron chi connectivity index (χ4n) is 2.25. The van der Waals surface area contributed by atoms with E-state index in [1.165, 1.54) is 25.3 Å². The first kappa shape index (κ1) is 14.0. The average molecular weight is 266 g/mol. The minimum atomic E-state index is -0.415. The second kappa shape index (κ2) is 6.63. The summed E-state index contributed by atoms with van der Waals surface area (Å²) < 4.78 is 18.4. The third-order valence-electron chi connectivity index (χ3n) is 3.26. The predicted molar refractivity (Wildman–Crippen MR) is 71.2 cm³/mol. The molecule has 1 saturated heterocycles. The van der Waals surface area contributed by atoms with Crippen LogP contribution in [0.5, 0.6) is 5.75 Å². The molecule has 0 spiro atoms. The largest absolute Gasteiger partial charge is 0.496 e. The van der Waals surface area contributed by atoms with E-state index in [0.717, 1.165) is 32.6 Å². The maximum Gasteiger partial charge on any atom is 0.180 e. The number of hydrogen-bond donors (Lipinski definition) is 1. The van der Waals surface area contributed by atoms with Crippen LogP contribution in [0, 0.1) is 5.82 Å². The second-order valence-corrected chi connectivity index (χ2v) is 4.65. The number of ether oxygens (including phenoxy) is 1. The van der Waals surface area contributed by atoms with Crippen molar-refractivity contribution in [3.63, 3.8) is 0 Å². The molecule has 0 bridgehead atoms. The first-order chi connectivity index (χ1) is 9.20. The topological polar surface area (TPSA) is 41.6 Å². The number of nitrogens with zero attached hydrogens (tertiary/aromatic N) is 1. The summed E-state index contributed by atoms with van der Waals surface area (Å²) in [7, 11) is 1.49. The van der Waals surface area contributed by atoms with E-state index < -0.39 is 5.82 Å². The Hall–Kier alpha value is -1.46. The number of nitrogens with one attached hydrogen (secondary N) is 1. The van der Waals surface area contributed by atoms with Crippen molar-refractivity contribution in [1.82, 2.24) is 10.2 Å². The third-order valence-corrected chi connectivity index (χ3v) is 3.26. The Morgan fingerprint density at radius 3 is 3.05 bits per heavy atom. The van der Waals surface area contributed by atoms with Gasteiger partial charge in [0.05, 0.1) is 19.2 Å². The molecule has 104 valence electrons. The Kier molecular flexibility index (Phi) is 4.87. The van der Waals surface area contributed by atoms with Crippen molar-refractivity contribution in [3.05, 3.63) is 29.6 Å². The van der Waals surface area contributed by atoms with Crippen LogP contribution in [0.1, 0.15) is 16.8 Å². The molecule has 5 heteroatoms. The molecule has 0 amide bonds. The van der Waals surface area contributed by atoms with E-state index >= 15 is 0 Å². The summed E-state index contributed by atoms with van der Waals surface area (Å²) in [6.07, 6.45) is 1.02. The van der Waals surface area contributed by atoms with Gasteiger partial charge < -0.3 is 10.1 Å². The van der Waals surface area contributed by atoms with Gasteiger partial charge in [0.1, 0.15) is 11.6 Å². The van der Waals surface area contributed by atoms with Crippen LogP contribution in [0.25, 0.3) is 0 Å². The van der Waals surface area contributed by atoms with Gasteiger partial charge in [-0.2, -0.15) is 0 Å². The monoisotopic (exact) mass is 266 g/mol. The fourth-order valence-corrected chi connectivity index (χ4v) is 2.25. The molecule has 2 rings (SSSR count). The van der Waals surface area contributed by atoms with Crippen molar-refractivity contribution in [3.8, 4) is 5.75 Å². The van der Waals surface area contributed by atoms with Gasteiger partial charge >= 0.3 is 0 Å². The molecule has 19 heavy (non-hydrogen) atoms. The van der Waals surface area contributed by atoms with Crippen LogP contribution in [-0.2, 0) is 0 Å². The van der Waals surface area contributed by atoms with Crippen molar-refractivity contribution in [2.75, 3.05) is 39.8 Å². The molecule has 1 N–H and O–H groups in total. The third kappa shape index (κ3) is 3.75. The number of halogens is 1. The highest BCUT2D eigenvalue weighted by Crippen LogP contribution is 2.20. The van der Waals surface area contributed by atoms with Gasteiger partial charge in [-0.3, -0.25) is 9.69 Å². The van der Waals surface area contributed by atoms with E-state index in [1.807, 2.05) is 0 Å². The molecule has 0 radical (unpaired) electrons. The van der Waals surface area contributed by atoms with Gasteiger partial charge in [0.15, 0.2) is 5.78 Å². The van der Waals surface area contributed by atoms with E-state index in [9.17, 15) is 9.18 Å². The Morgan fingerprint density at radius 2 is 2.26 bits per heavy atom. The number of Topliss-reactive ketones (excluding diaryl/α,β-unsaturated/α-hetero) is 1. The van der Waals surface area contributed by atoms with Gasteiger partial charge in [0.2, 0.25) is 0 Å². The molecule has 0 atom stereocenters.